The summed E-state index contributed by atoms with van der Waals surface area (Å²) in [5, 5.41) is 1.01. The normalized spacial score (nSPS) is 10.9. The molecule has 15 heavy (non-hydrogen) atoms. The Morgan fingerprint density at radius 2 is 2.07 bits per heavy atom. The van der Waals surface area contributed by atoms with Gasteiger partial charge in [-0.25, -0.2) is 0 Å². The number of aryl methyl sites for hydroxylation is 1. The van der Waals surface area contributed by atoms with Crippen LogP contribution >= 0.6 is 39.1 Å². The van der Waals surface area contributed by atoms with Gasteiger partial charge >= 0.3 is 0 Å². The zero-order valence-electron chi connectivity index (χ0n) is 7.70. The smallest absolute Gasteiger partial charge is 0.209 e. The van der Waals surface area contributed by atoms with Crippen LogP contribution in [-0.2, 0) is 0 Å². The van der Waals surface area contributed by atoms with Crippen LogP contribution in [0.2, 0.25) is 10.0 Å². The van der Waals surface area contributed by atoms with E-state index in [1.807, 2.05) is 13.0 Å². The van der Waals surface area contributed by atoms with E-state index in [1.165, 1.54) is 6.20 Å². The number of hydrogen-bond donors (Lipinski definition) is 1. The van der Waals surface area contributed by atoms with Crippen LogP contribution in [0.3, 0.4) is 0 Å². The molecule has 2 rings (SSSR count). The van der Waals surface area contributed by atoms with Gasteiger partial charge in [0, 0.05) is 10.7 Å². The molecule has 0 radical (unpaired) electrons. The Hall–Kier alpha value is -0.510. The number of aromatic amines is 1. The lowest BCUT2D eigenvalue weighted by atomic mass is 10.1. The minimum Gasteiger partial charge on any atom is -0.359 e. The highest BCUT2D eigenvalue weighted by atomic mass is 79.9. The molecule has 1 aromatic heterocycles. The molecule has 0 atom stereocenters. The number of nitrogens with one attached hydrogen (secondary N) is 1. The highest BCUT2D eigenvalue weighted by Crippen LogP contribution is 2.30. The Kier molecular flexibility index (Phi) is 2.79. The Morgan fingerprint density at radius 3 is 2.73 bits per heavy atom. The number of benzene rings is 1. The number of halogens is 3. The summed E-state index contributed by atoms with van der Waals surface area (Å²) in [5.74, 6) is 0. The monoisotopic (exact) mass is 305 g/mol. The molecule has 0 aliphatic rings. The third kappa shape index (κ3) is 1.69. The van der Waals surface area contributed by atoms with Gasteiger partial charge in [0.2, 0.25) is 5.43 Å². The van der Waals surface area contributed by atoms with Crippen LogP contribution in [0.15, 0.2) is 21.5 Å². The van der Waals surface area contributed by atoms with Crippen LogP contribution in [0.5, 0.6) is 0 Å². The van der Waals surface area contributed by atoms with E-state index in [-0.39, 0.29) is 10.5 Å². The van der Waals surface area contributed by atoms with Crippen LogP contribution in [-0.4, -0.2) is 4.98 Å². The van der Waals surface area contributed by atoms with E-state index in [9.17, 15) is 4.79 Å². The molecule has 1 heterocycles. The molecule has 2 nitrogen and oxygen atoms in total. The molecular formula is C10H6BrCl2NO. The predicted molar refractivity (Wildman–Crippen MR) is 67.0 cm³/mol. The maximum Gasteiger partial charge on any atom is 0.209 e. The van der Waals surface area contributed by atoms with E-state index >= 15 is 0 Å². The minimum atomic E-state index is -0.250. The summed E-state index contributed by atoms with van der Waals surface area (Å²) in [5.41, 5.74) is 1.25. The van der Waals surface area contributed by atoms with Gasteiger partial charge in [0.05, 0.1) is 15.9 Å². The quantitative estimate of drug-likeness (QED) is 0.786. The molecule has 78 valence electrons. The summed E-state index contributed by atoms with van der Waals surface area (Å²) >= 11 is 15.2. The predicted octanol–water partition coefficient (Wildman–Crippen LogP) is 3.91. The van der Waals surface area contributed by atoms with E-state index in [1.54, 1.807) is 0 Å². The second kappa shape index (κ2) is 3.81. The van der Waals surface area contributed by atoms with E-state index in [0.29, 0.717) is 15.9 Å². The van der Waals surface area contributed by atoms with Gasteiger partial charge in [0.1, 0.15) is 5.02 Å². The van der Waals surface area contributed by atoms with Crippen molar-refractivity contribution in [1.82, 2.24) is 4.98 Å². The van der Waals surface area contributed by atoms with Crippen molar-refractivity contribution in [3.8, 4) is 0 Å². The van der Waals surface area contributed by atoms with Crippen molar-refractivity contribution in [3.05, 3.63) is 42.6 Å². The van der Waals surface area contributed by atoms with Gasteiger partial charge in [-0.2, -0.15) is 0 Å². The van der Waals surface area contributed by atoms with E-state index in [0.717, 1.165) is 10.0 Å². The van der Waals surface area contributed by atoms with E-state index in [2.05, 4.69) is 20.9 Å². The van der Waals surface area contributed by atoms with Gasteiger partial charge in [-0.1, -0.05) is 23.2 Å². The molecule has 0 saturated heterocycles. The molecule has 0 spiro atoms. The minimum absolute atomic E-state index is 0.141. The maximum absolute atomic E-state index is 11.8. The molecular weight excluding hydrogens is 301 g/mol. The molecule has 2 aromatic rings. The van der Waals surface area contributed by atoms with Crippen LogP contribution in [0.4, 0.5) is 0 Å². The third-order valence-corrected chi connectivity index (χ3v) is 3.58. The fraction of sp³-hybridized carbons (Fsp3) is 0.100. The largest absolute Gasteiger partial charge is 0.359 e. The SMILES string of the molecule is Cc1cc(Br)c2[nH]cc(Cl)c(=O)c2c1Cl. The zero-order valence-corrected chi connectivity index (χ0v) is 10.8. The molecule has 0 aliphatic carbocycles. The molecule has 1 aromatic carbocycles. The standard InChI is InChI=1S/C10H6BrCl2NO/c1-4-2-5(11)9-7(8(4)13)10(15)6(12)3-14-9/h2-3H,1H3,(H,14,15). The lowest BCUT2D eigenvalue weighted by Crippen LogP contribution is -2.04. The van der Waals surface area contributed by atoms with Crippen molar-refractivity contribution in [2.75, 3.05) is 0 Å². The van der Waals surface area contributed by atoms with Crippen molar-refractivity contribution in [1.29, 1.82) is 0 Å². The molecule has 0 unspecified atom stereocenters. The Balaban J connectivity index is 3.12. The number of H-pyrrole nitrogens is 1. The van der Waals surface area contributed by atoms with Crippen molar-refractivity contribution < 1.29 is 0 Å². The lowest BCUT2D eigenvalue weighted by Gasteiger charge is -2.06. The van der Waals surface area contributed by atoms with Gasteiger partial charge < -0.3 is 4.98 Å². The third-order valence-electron chi connectivity index (χ3n) is 2.18. The zero-order chi connectivity index (χ0) is 11.2. The summed E-state index contributed by atoms with van der Waals surface area (Å²) < 4.78 is 0.799. The number of rotatable bonds is 0. The van der Waals surface area contributed by atoms with E-state index in [4.69, 9.17) is 23.2 Å². The Labute approximate surface area is 104 Å². The first-order chi connectivity index (χ1) is 7.02. The average Bonchev–Trinajstić information content (AvgIpc) is 2.19. The van der Waals surface area contributed by atoms with Gasteiger partial charge in [-0.05, 0) is 34.5 Å². The van der Waals surface area contributed by atoms with Gasteiger partial charge in [-0.15, -0.1) is 0 Å². The van der Waals surface area contributed by atoms with Crippen molar-refractivity contribution in [3.63, 3.8) is 0 Å². The van der Waals surface area contributed by atoms with Gasteiger partial charge in [-0.3, -0.25) is 4.79 Å². The van der Waals surface area contributed by atoms with Gasteiger partial charge in [0.15, 0.2) is 0 Å². The highest BCUT2D eigenvalue weighted by Gasteiger charge is 2.12. The Bertz CT molecular complexity index is 606. The first-order valence-electron chi connectivity index (χ1n) is 4.18. The summed E-state index contributed by atoms with van der Waals surface area (Å²) in [6.07, 6.45) is 1.46. The summed E-state index contributed by atoms with van der Waals surface area (Å²) in [7, 11) is 0. The molecule has 0 saturated carbocycles. The summed E-state index contributed by atoms with van der Waals surface area (Å²) in [6, 6.07) is 1.86. The first-order valence-corrected chi connectivity index (χ1v) is 5.72. The molecule has 1 N–H and O–H groups in total. The first kappa shape index (κ1) is 11.0. The second-order valence-electron chi connectivity index (χ2n) is 3.21. The summed E-state index contributed by atoms with van der Waals surface area (Å²) in [6.45, 7) is 1.84. The number of pyridine rings is 1. The maximum atomic E-state index is 11.8. The molecule has 0 amide bonds. The fourth-order valence-electron chi connectivity index (χ4n) is 1.43. The van der Waals surface area contributed by atoms with Crippen molar-refractivity contribution >= 4 is 50.0 Å². The Morgan fingerprint density at radius 1 is 1.40 bits per heavy atom. The molecule has 0 bridgehead atoms. The fourth-order valence-corrected chi connectivity index (χ4v) is 2.47. The highest BCUT2D eigenvalue weighted by molar-refractivity contribution is 9.10. The lowest BCUT2D eigenvalue weighted by molar-refractivity contribution is 1.36. The number of fused-ring (bicyclic) bond motifs is 1. The van der Waals surface area contributed by atoms with Crippen LogP contribution < -0.4 is 5.43 Å². The number of aromatic nitrogens is 1. The van der Waals surface area contributed by atoms with Crippen molar-refractivity contribution in [2.45, 2.75) is 6.92 Å². The van der Waals surface area contributed by atoms with Crippen LogP contribution in [0.25, 0.3) is 10.9 Å². The van der Waals surface area contributed by atoms with E-state index < -0.39 is 0 Å². The molecule has 0 aliphatic heterocycles. The second-order valence-corrected chi connectivity index (χ2v) is 4.84. The number of hydrogen-bond acceptors (Lipinski definition) is 1. The molecule has 5 heteroatoms. The van der Waals surface area contributed by atoms with Crippen LogP contribution in [0, 0.1) is 6.92 Å². The van der Waals surface area contributed by atoms with Gasteiger partial charge in [0.25, 0.3) is 0 Å². The molecule has 0 fully saturated rings. The van der Waals surface area contributed by atoms with Crippen LogP contribution in [0.1, 0.15) is 5.56 Å². The topological polar surface area (TPSA) is 32.9 Å². The average molecular weight is 307 g/mol. The summed E-state index contributed by atoms with van der Waals surface area (Å²) in [4.78, 5) is 14.7. The van der Waals surface area contributed by atoms with Crippen molar-refractivity contribution in [2.24, 2.45) is 0 Å².